The van der Waals surface area contributed by atoms with Gasteiger partial charge in [-0.3, -0.25) is 0 Å². The van der Waals surface area contributed by atoms with Crippen LogP contribution in [0, 0.1) is 5.82 Å². The molecule has 0 bridgehead atoms. The highest BCUT2D eigenvalue weighted by Crippen LogP contribution is 2.26. The Kier molecular flexibility index (Phi) is 5.24. The number of rotatable bonds is 5. The van der Waals surface area contributed by atoms with Crippen LogP contribution >= 0.6 is 23.2 Å². The van der Waals surface area contributed by atoms with E-state index in [1.807, 2.05) is 25.2 Å². The Labute approximate surface area is 127 Å². The molecule has 0 aliphatic heterocycles. The standard InChI is InChI=1S/C15H14Cl2FNO/c1-19-8-10-3-5-15(13(17)6-10)20-9-11-2-4-14(18)12(16)7-11/h2-7,19H,8-9H2,1H3. The highest BCUT2D eigenvalue weighted by atomic mass is 35.5. The molecule has 0 spiro atoms. The fourth-order valence-electron chi connectivity index (χ4n) is 1.77. The first-order valence-corrected chi connectivity index (χ1v) is 6.85. The Bertz CT molecular complexity index is 604. The van der Waals surface area contributed by atoms with E-state index in [0.29, 0.717) is 10.8 Å². The van der Waals surface area contributed by atoms with Gasteiger partial charge in [0, 0.05) is 6.54 Å². The first kappa shape index (κ1) is 15.1. The van der Waals surface area contributed by atoms with Crippen molar-refractivity contribution in [2.75, 3.05) is 7.05 Å². The lowest BCUT2D eigenvalue weighted by atomic mass is 10.2. The van der Waals surface area contributed by atoms with Crippen LogP contribution in [0.1, 0.15) is 11.1 Å². The molecule has 2 rings (SSSR count). The van der Waals surface area contributed by atoms with Gasteiger partial charge in [-0.05, 0) is 42.4 Å². The maximum absolute atomic E-state index is 13.0. The molecular weight excluding hydrogens is 300 g/mol. The van der Waals surface area contributed by atoms with E-state index in [2.05, 4.69) is 5.32 Å². The van der Waals surface area contributed by atoms with Crippen molar-refractivity contribution in [1.29, 1.82) is 0 Å². The summed E-state index contributed by atoms with van der Waals surface area (Å²) in [5, 5.41) is 3.68. The Balaban J connectivity index is 2.05. The van der Waals surface area contributed by atoms with Gasteiger partial charge >= 0.3 is 0 Å². The minimum atomic E-state index is -0.440. The second-order valence-electron chi connectivity index (χ2n) is 4.33. The molecule has 5 heteroatoms. The van der Waals surface area contributed by atoms with Crippen molar-refractivity contribution >= 4 is 23.2 Å². The Morgan fingerprint density at radius 2 is 1.75 bits per heavy atom. The summed E-state index contributed by atoms with van der Waals surface area (Å²) in [6.07, 6.45) is 0. The molecule has 2 aromatic carbocycles. The van der Waals surface area contributed by atoms with E-state index in [0.717, 1.165) is 17.7 Å². The summed E-state index contributed by atoms with van der Waals surface area (Å²) in [4.78, 5) is 0. The highest BCUT2D eigenvalue weighted by molar-refractivity contribution is 6.32. The molecule has 1 N–H and O–H groups in total. The number of benzene rings is 2. The topological polar surface area (TPSA) is 21.3 Å². The summed E-state index contributed by atoms with van der Waals surface area (Å²) in [6.45, 7) is 1.03. The normalized spacial score (nSPS) is 10.6. The molecule has 0 fully saturated rings. The smallest absolute Gasteiger partial charge is 0.141 e. The molecule has 2 aromatic rings. The second-order valence-corrected chi connectivity index (χ2v) is 5.15. The predicted molar refractivity (Wildman–Crippen MR) is 80.0 cm³/mol. The Hall–Kier alpha value is -1.29. The third-order valence-electron chi connectivity index (χ3n) is 2.76. The molecular formula is C15H14Cl2FNO. The predicted octanol–water partition coefficient (Wildman–Crippen LogP) is 4.43. The van der Waals surface area contributed by atoms with Crippen molar-refractivity contribution in [3.8, 4) is 5.75 Å². The number of hydrogen-bond donors (Lipinski definition) is 1. The van der Waals surface area contributed by atoms with Gasteiger partial charge in [0.15, 0.2) is 0 Å². The zero-order valence-electron chi connectivity index (χ0n) is 10.9. The van der Waals surface area contributed by atoms with E-state index in [-0.39, 0.29) is 11.6 Å². The van der Waals surface area contributed by atoms with Gasteiger partial charge in [0.2, 0.25) is 0 Å². The Morgan fingerprint density at radius 3 is 2.40 bits per heavy atom. The number of ether oxygens (including phenoxy) is 1. The van der Waals surface area contributed by atoms with E-state index in [1.54, 1.807) is 12.1 Å². The van der Waals surface area contributed by atoms with Crippen molar-refractivity contribution < 1.29 is 9.13 Å². The van der Waals surface area contributed by atoms with Crippen LogP contribution in [-0.4, -0.2) is 7.05 Å². The lowest BCUT2D eigenvalue weighted by Gasteiger charge is -2.10. The molecule has 0 atom stereocenters. The van der Waals surface area contributed by atoms with Gasteiger partial charge in [0.25, 0.3) is 0 Å². The summed E-state index contributed by atoms with van der Waals surface area (Å²) in [7, 11) is 1.87. The molecule has 0 amide bonds. The SMILES string of the molecule is CNCc1ccc(OCc2ccc(F)c(Cl)c2)c(Cl)c1. The summed E-state index contributed by atoms with van der Waals surface area (Å²) in [6, 6.07) is 10.1. The summed E-state index contributed by atoms with van der Waals surface area (Å²) in [5.74, 6) is 0.150. The monoisotopic (exact) mass is 313 g/mol. The maximum atomic E-state index is 13.0. The van der Waals surface area contributed by atoms with Crippen LogP contribution in [0.15, 0.2) is 36.4 Å². The van der Waals surface area contributed by atoms with Gasteiger partial charge in [0.1, 0.15) is 18.2 Å². The fraction of sp³-hybridized carbons (Fsp3) is 0.200. The summed E-state index contributed by atoms with van der Waals surface area (Å²) in [5.41, 5.74) is 1.86. The van der Waals surface area contributed by atoms with E-state index < -0.39 is 5.82 Å². The minimum absolute atomic E-state index is 0.0848. The number of nitrogens with one attached hydrogen (secondary N) is 1. The van der Waals surface area contributed by atoms with Crippen molar-refractivity contribution in [1.82, 2.24) is 5.32 Å². The van der Waals surface area contributed by atoms with Crippen LogP contribution in [0.5, 0.6) is 5.75 Å². The van der Waals surface area contributed by atoms with Crippen LogP contribution in [0.4, 0.5) is 4.39 Å². The average molecular weight is 314 g/mol. The summed E-state index contributed by atoms with van der Waals surface area (Å²) >= 11 is 11.9. The van der Waals surface area contributed by atoms with Crippen LogP contribution in [0.2, 0.25) is 10.0 Å². The van der Waals surface area contributed by atoms with Gasteiger partial charge in [-0.1, -0.05) is 35.3 Å². The molecule has 0 radical (unpaired) electrons. The first-order valence-electron chi connectivity index (χ1n) is 6.10. The number of hydrogen-bond acceptors (Lipinski definition) is 2. The van der Waals surface area contributed by atoms with Gasteiger partial charge in [-0.15, -0.1) is 0 Å². The molecule has 106 valence electrons. The van der Waals surface area contributed by atoms with Gasteiger partial charge in [-0.25, -0.2) is 4.39 Å². The van der Waals surface area contributed by atoms with Gasteiger partial charge < -0.3 is 10.1 Å². The molecule has 0 aliphatic rings. The molecule has 20 heavy (non-hydrogen) atoms. The molecule has 0 unspecified atom stereocenters. The van der Waals surface area contributed by atoms with Crippen LogP contribution in [0.25, 0.3) is 0 Å². The molecule has 0 aromatic heterocycles. The number of halogens is 3. The fourth-order valence-corrected chi connectivity index (χ4v) is 2.23. The second kappa shape index (κ2) is 6.93. The third-order valence-corrected chi connectivity index (χ3v) is 3.34. The van der Waals surface area contributed by atoms with E-state index in [9.17, 15) is 4.39 Å². The Morgan fingerprint density at radius 1 is 1.05 bits per heavy atom. The first-order chi connectivity index (χ1) is 9.60. The lowest BCUT2D eigenvalue weighted by Crippen LogP contribution is -2.05. The zero-order chi connectivity index (χ0) is 14.5. The molecule has 0 heterocycles. The van der Waals surface area contributed by atoms with E-state index in [4.69, 9.17) is 27.9 Å². The molecule has 2 nitrogen and oxygen atoms in total. The molecule has 0 aliphatic carbocycles. The van der Waals surface area contributed by atoms with Crippen molar-refractivity contribution in [3.05, 3.63) is 63.4 Å². The van der Waals surface area contributed by atoms with Crippen molar-refractivity contribution in [3.63, 3.8) is 0 Å². The summed E-state index contributed by atoms with van der Waals surface area (Å²) < 4.78 is 18.7. The maximum Gasteiger partial charge on any atom is 0.141 e. The molecule has 0 saturated carbocycles. The van der Waals surface area contributed by atoms with Crippen LogP contribution in [0.3, 0.4) is 0 Å². The lowest BCUT2D eigenvalue weighted by molar-refractivity contribution is 0.306. The van der Waals surface area contributed by atoms with Gasteiger partial charge in [-0.2, -0.15) is 0 Å². The largest absolute Gasteiger partial charge is 0.487 e. The average Bonchev–Trinajstić information content (AvgIpc) is 2.42. The quantitative estimate of drug-likeness (QED) is 0.881. The zero-order valence-corrected chi connectivity index (χ0v) is 12.4. The van der Waals surface area contributed by atoms with Crippen molar-refractivity contribution in [2.24, 2.45) is 0 Å². The minimum Gasteiger partial charge on any atom is -0.487 e. The third kappa shape index (κ3) is 3.85. The van der Waals surface area contributed by atoms with Crippen molar-refractivity contribution in [2.45, 2.75) is 13.2 Å². The van der Waals surface area contributed by atoms with E-state index >= 15 is 0 Å². The van der Waals surface area contributed by atoms with Gasteiger partial charge in [0.05, 0.1) is 10.0 Å². The molecule has 0 saturated heterocycles. The van der Waals surface area contributed by atoms with E-state index in [1.165, 1.54) is 6.07 Å². The van der Waals surface area contributed by atoms with Crippen LogP contribution < -0.4 is 10.1 Å². The van der Waals surface area contributed by atoms with Crippen LogP contribution in [-0.2, 0) is 13.2 Å². The highest BCUT2D eigenvalue weighted by Gasteiger charge is 2.05.